The number of piperidine rings is 1. The normalized spacial score (nSPS) is 34.2. The van der Waals surface area contributed by atoms with Gasteiger partial charge in [-0.2, -0.15) is 0 Å². The van der Waals surface area contributed by atoms with Crippen LogP contribution in [0.2, 0.25) is 0 Å². The van der Waals surface area contributed by atoms with Crippen molar-refractivity contribution in [2.24, 2.45) is 5.92 Å². The van der Waals surface area contributed by atoms with Gasteiger partial charge in [-0.3, -0.25) is 0 Å². The van der Waals surface area contributed by atoms with Crippen LogP contribution in [0.4, 0.5) is 0 Å². The summed E-state index contributed by atoms with van der Waals surface area (Å²) in [4.78, 5) is 0. The molecule has 1 heteroatoms. The van der Waals surface area contributed by atoms with E-state index >= 15 is 0 Å². The van der Waals surface area contributed by atoms with E-state index in [0.717, 1.165) is 12.3 Å². The Morgan fingerprint density at radius 1 is 1.36 bits per heavy atom. The second-order valence-electron chi connectivity index (χ2n) is 4.74. The molecular weight excluding hydrogens is 170 g/mol. The van der Waals surface area contributed by atoms with Crippen LogP contribution in [-0.2, 0) is 11.8 Å². The summed E-state index contributed by atoms with van der Waals surface area (Å²) >= 11 is 0. The lowest BCUT2D eigenvalue weighted by molar-refractivity contribution is 0.675. The Hall–Kier alpha value is -0.820. The van der Waals surface area contributed by atoms with Crippen molar-refractivity contribution in [2.45, 2.75) is 25.2 Å². The highest BCUT2D eigenvalue weighted by molar-refractivity contribution is 5.38. The van der Waals surface area contributed by atoms with Gasteiger partial charge in [0.2, 0.25) is 0 Å². The van der Waals surface area contributed by atoms with Gasteiger partial charge in [0, 0.05) is 12.0 Å². The predicted octanol–water partition coefficient (Wildman–Crippen LogP) is 2.11. The van der Waals surface area contributed by atoms with Crippen molar-refractivity contribution in [3.8, 4) is 0 Å². The molecule has 1 saturated carbocycles. The van der Waals surface area contributed by atoms with Gasteiger partial charge in [-0.15, -0.1) is 0 Å². The summed E-state index contributed by atoms with van der Waals surface area (Å²) in [6, 6.07) is 9.26. The number of fused-ring (bicyclic) bond motifs is 1. The molecule has 0 radical (unpaired) electrons. The Morgan fingerprint density at radius 2 is 2.14 bits per heavy atom. The summed E-state index contributed by atoms with van der Waals surface area (Å²) in [5, 5.41) is 3.49. The molecule has 2 fully saturated rings. The van der Waals surface area contributed by atoms with Crippen LogP contribution in [0.25, 0.3) is 0 Å². The van der Waals surface area contributed by atoms with E-state index < -0.39 is 0 Å². The molecule has 2 atom stereocenters. The lowest BCUT2D eigenvalue weighted by atomic mass is 9.94. The van der Waals surface area contributed by atoms with Crippen LogP contribution in [0, 0.1) is 5.92 Å². The van der Waals surface area contributed by atoms with Crippen LogP contribution < -0.4 is 5.32 Å². The SMILES string of the molecule is CCc1ccc(C23CNCC2C3)cc1. The monoisotopic (exact) mass is 187 g/mol. The van der Waals surface area contributed by atoms with E-state index in [9.17, 15) is 0 Å². The molecule has 1 nitrogen and oxygen atoms in total. The van der Waals surface area contributed by atoms with Crippen LogP contribution in [0.5, 0.6) is 0 Å². The molecule has 74 valence electrons. The molecule has 0 amide bonds. The minimum Gasteiger partial charge on any atom is -0.316 e. The Kier molecular flexibility index (Phi) is 1.72. The molecule has 1 saturated heterocycles. The first kappa shape index (κ1) is 8.49. The third-order valence-electron chi connectivity index (χ3n) is 4.00. The minimum atomic E-state index is 0.534. The van der Waals surface area contributed by atoms with E-state index in [1.807, 2.05) is 0 Å². The Labute approximate surface area is 85.5 Å². The highest BCUT2D eigenvalue weighted by atomic mass is 15.0. The van der Waals surface area contributed by atoms with E-state index in [4.69, 9.17) is 0 Å². The van der Waals surface area contributed by atoms with Gasteiger partial charge in [0.1, 0.15) is 0 Å². The van der Waals surface area contributed by atoms with Crippen LogP contribution >= 0.6 is 0 Å². The molecule has 0 spiro atoms. The van der Waals surface area contributed by atoms with Gasteiger partial charge < -0.3 is 5.32 Å². The van der Waals surface area contributed by atoms with Crippen LogP contribution in [0.1, 0.15) is 24.5 Å². The molecule has 0 bridgehead atoms. The zero-order chi connectivity index (χ0) is 9.60. The largest absolute Gasteiger partial charge is 0.316 e. The lowest BCUT2D eigenvalue weighted by Crippen LogP contribution is -2.19. The maximum Gasteiger partial charge on any atom is 0.0122 e. The smallest absolute Gasteiger partial charge is 0.0122 e. The highest BCUT2D eigenvalue weighted by Crippen LogP contribution is 2.56. The van der Waals surface area contributed by atoms with E-state index in [1.54, 1.807) is 5.56 Å². The standard InChI is InChI=1S/C13H17N/c1-2-10-3-5-11(6-4-10)13-7-12(13)8-14-9-13/h3-6,12,14H,2,7-9H2,1H3. The molecule has 1 aromatic rings. The third-order valence-corrected chi connectivity index (χ3v) is 4.00. The van der Waals surface area contributed by atoms with Gasteiger partial charge in [0.05, 0.1) is 0 Å². The van der Waals surface area contributed by atoms with Gasteiger partial charge in [-0.25, -0.2) is 0 Å². The topological polar surface area (TPSA) is 12.0 Å². The van der Waals surface area contributed by atoms with Crippen molar-refractivity contribution in [3.63, 3.8) is 0 Å². The Morgan fingerprint density at radius 3 is 2.64 bits per heavy atom. The number of hydrogen-bond acceptors (Lipinski definition) is 1. The van der Waals surface area contributed by atoms with E-state index in [2.05, 4.69) is 36.5 Å². The third kappa shape index (κ3) is 1.05. The van der Waals surface area contributed by atoms with Crippen molar-refractivity contribution in [3.05, 3.63) is 35.4 Å². The van der Waals surface area contributed by atoms with Crippen LogP contribution in [0.3, 0.4) is 0 Å². The van der Waals surface area contributed by atoms with Gasteiger partial charge in [-0.1, -0.05) is 31.2 Å². The van der Waals surface area contributed by atoms with Crippen molar-refractivity contribution in [1.29, 1.82) is 0 Å². The van der Waals surface area contributed by atoms with Gasteiger partial charge in [0.25, 0.3) is 0 Å². The summed E-state index contributed by atoms with van der Waals surface area (Å²) in [6.07, 6.45) is 2.56. The molecule has 0 aromatic heterocycles. The predicted molar refractivity (Wildman–Crippen MR) is 58.5 cm³/mol. The fourth-order valence-corrected chi connectivity index (χ4v) is 2.86. The van der Waals surface area contributed by atoms with Crippen LogP contribution in [0.15, 0.2) is 24.3 Å². The molecule has 1 aromatic carbocycles. The van der Waals surface area contributed by atoms with Gasteiger partial charge in [0.15, 0.2) is 0 Å². The molecule has 1 aliphatic carbocycles. The Bertz CT molecular complexity index is 341. The van der Waals surface area contributed by atoms with E-state index in [0.29, 0.717) is 5.41 Å². The zero-order valence-corrected chi connectivity index (χ0v) is 8.72. The second kappa shape index (κ2) is 2.83. The number of rotatable bonds is 2. The van der Waals surface area contributed by atoms with Crippen molar-refractivity contribution < 1.29 is 0 Å². The molecule has 2 unspecified atom stereocenters. The molecule has 1 N–H and O–H groups in total. The van der Waals surface area contributed by atoms with Gasteiger partial charge >= 0.3 is 0 Å². The summed E-state index contributed by atoms with van der Waals surface area (Å²) in [5.41, 5.74) is 3.55. The van der Waals surface area contributed by atoms with Crippen molar-refractivity contribution >= 4 is 0 Å². The molecular formula is C13H17N. The maximum absolute atomic E-state index is 3.49. The van der Waals surface area contributed by atoms with E-state index in [1.165, 1.54) is 25.1 Å². The second-order valence-corrected chi connectivity index (χ2v) is 4.74. The van der Waals surface area contributed by atoms with E-state index in [-0.39, 0.29) is 0 Å². The van der Waals surface area contributed by atoms with Crippen molar-refractivity contribution in [1.82, 2.24) is 5.32 Å². The summed E-state index contributed by atoms with van der Waals surface area (Å²) in [5.74, 6) is 0.926. The van der Waals surface area contributed by atoms with Crippen molar-refractivity contribution in [2.75, 3.05) is 13.1 Å². The average molecular weight is 187 g/mol. The maximum atomic E-state index is 3.49. The average Bonchev–Trinajstić information content (AvgIpc) is 2.82. The Balaban J connectivity index is 1.90. The number of nitrogens with one attached hydrogen (secondary N) is 1. The summed E-state index contributed by atoms with van der Waals surface area (Å²) in [7, 11) is 0. The number of benzene rings is 1. The zero-order valence-electron chi connectivity index (χ0n) is 8.72. The first-order valence-electron chi connectivity index (χ1n) is 5.65. The summed E-state index contributed by atoms with van der Waals surface area (Å²) < 4.78 is 0. The quantitative estimate of drug-likeness (QED) is 0.747. The number of aryl methyl sites for hydroxylation is 1. The van der Waals surface area contributed by atoms with Gasteiger partial charge in [-0.05, 0) is 36.4 Å². The molecule has 1 heterocycles. The number of hydrogen-bond donors (Lipinski definition) is 1. The first-order valence-corrected chi connectivity index (χ1v) is 5.65. The van der Waals surface area contributed by atoms with Crippen LogP contribution in [-0.4, -0.2) is 13.1 Å². The lowest BCUT2D eigenvalue weighted by Gasteiger charge is -2.12. The molecule has 3 rings (SSSR count). The minimum absolute atomic E-state index is 0.534. The first-order chi connectivity index (χ1) is 6.85. The molecule has 14 heavy (non-hydrogen) atoms. The molecule has 1 aliphatic heterocycles. The molecule has 2 aliphatic rings. The summed E-state index contributed by atoms with van der Waals surface area (Å²) in [6.45, 7) is 4.64. The highest BCUT2D eigenvalue weighted by Gasteiger charge is 2.57. The fourth-order valence-electron chi connectivity index (χ4n) is 2.86. The fraction of sp³-hybridized carbons (Fsp3) is 0.538.